The first-order valence-corrected chi connectivity index (χ1v) is 8.33. The van der Waals surface area contributed by atoms with Crippen molar-refractivity contribution in [2.24, 2.45) is 0 Å². The van der Waals surface area contributed by atoms with Gasteiger partial charge in [-0.25, -0.2) is 0 Å². The molecule has 2 aliphatic rings. The molecule has 2 saturated heterocycles. The minimum absolute atomic E-state index is 0.0907. The predicted octanol–water partition coefficient (Wildman–Crippen LogP) is 1.43. The molecule has 0 radical (unpaired) electrons. The molecule has 2 heterocycles. The molecule has 140 valence electrons. The van der Waals surface area contributed by atoms with E-state index in [2.05, 4.69) is 0 Å². The number of hydrogen-bond acceptors (Lipinski definition) is 7. The standard InChI is InChI=1S/C18H26O7/c1-17(20-3)18(2,21-4)25-15-14(24-17)13(19)11-23-16(15)22-10-12-8-6-5-7-9-12/h5-9,13-16,19H,10-11H2,1-4H3/t13-,14-,15+,16-,17+,18+/m1/s1. The normalized spacial score (nSPS) is 41.3. The average Bonchev–Trinajstić information content (AvgIpc) is 2.64. The molecular formula is C18H26O7. The summed E-state index contributed by atoms with van der Waals surface area (Å²) in [6, 6.07) is 9.77. The highest BCUT2D eigenvalue weighted by Gasteiger charge is 2.61. The first-order valence-electron chi connectivity index (χ1n) is 8.33. The topological polar surface area (TPSA) is 75.6 Å². The number of fused-ring (bicyclic) bond motifs is 1. The summed E-state index contributed by atoms with van der Waals surface area (Å²) in [7, 11) is 3.02. The molecule has 7 nitrogen and oxygen atoms in total. The van der Waals surface area contributed by atoms with Gasteiger partial charge in [-0.15, -0.1) is 0 Å². The van der Waals surface area contributed by atoms with Gasteiger partial charge in [0.05, 0.1) is 13.2 Å². The van der Waals surface area contributed by atoms with Gasteiger partial charge in [0.1, 0.15) is 18.3 Å². The number of methoxy groups -OCH3 is 2. The third kappa shape index (κ3) is 3.46. The minimum Gasteiger partial charge on any atom is -0.388 e. The Balaban J connectivity index is 1.77. The number of ether oxygens (including phenoxy) is 6. The summed E-state index contributed by atoms with van der Waals surface area (Å²) in [6.45, 7) is 3.89. The molecule has 7 heteroatoms. The zero-order chi connectivity index (χ0) is 18.1. The first kappa shape index (κ1) is 18.7. The van der Waals surface area contributed by atoms with Crippen LogP contribution in [0.2, 0.25) is 0 Å². The minimum atomic E-state index is -1.18. The van der Waals surface area contributed by atoms with Crippen molar-refractivity contribution < 1.29 is 33.5 Å². The van der Waals surface area contributed by atoms with E-state index in [1.54, 1.807) is 13.8 Å². The van der Waals surface area contributed by atoms with Crippen LogP contribution in [0.5, 0.6) is 0 Å². The number of rotatable bonds is 5. The number of benzene rings is 1. The Bertz CT molecular complexity index is 568. The van der Waals surface area contributed by atoms with Crippen molar-refractivity contribution in [1.29, 1.82) is 0 Å². The Morgan fingerprint density at radius 1 is 1.04 bits per heavy atom. The monoisotopic (exact) mass is 354 g/mol. The molecule has 3 rings (SSSR count). The maximum atomic E-state index is 10.3. The first-order chi connectivity index (χ1) is 11.9. The molecular weight excluding hydrogens is 328 g/mol. The zero-order valence-corrected chi connectivity index (χ0v) is 15.0. The van der Waals surface area contributed by atoms with Gasteiger partial charge in [0, 0.05) is 14.2 Å². The molecule has 2 fully saturated rings. The Hall–Kier alpha value is -1.06. The van der Waals surface area contributed by atoms with Crippen molar-refractivity contribution in [1.82, 2.24) is 0 Å². The van der Waals surface area contributed by atoms with Gasteiger partial charge in [-0.2, -0.15) is 0 Å². The second-order valence-corrected chi connectivity index (χ2v) is 6.53. The Labute approximate surface area is 147 Å². The van der Waals surface area contributed by atoms with Crippen molar-refractivity contribution in [2.45, 2.75) is 56.6 Å². The van der Waals surface area contributed by atoms with Crippen molar-refractivity contribution in [3.05, 3.63) is 35.9 Å². The van der Waals surface area contributed by atoms with Crippen LogP contribution < -0.4 is 0 Å². The quantitative estimate of drug-likeness (QED) is 0.857. The predicted molar refractivity (Wildman–Crippen MR) is 87.6 cm³/mol. The second-order valence-electron chi connectivity index (χ2n) is 6.53. The molecule has 0 amide bonds. The van der Waals surface area contributed by atoms with Crippen molar-refractivity contribution in [2.75, 3.05) is 20.8 Å². The van der Waals surface area contributed by atoms with Gasteiger partial charge in [0.15, 0.2) is 6.29 Å². The lowest BCUT2D eigenvalue weighted by atomic mass is 9.98. The maximum Gasteiger partial charge on any atom is 0.220 e. The highest BCUT2D eigenvalue weighted by Crippen LogP contribution is 2.42. The van der Waals surface area contributed by atoms with E-state index in [1.165, 1.54) is 14.2 Å². The van der Waals surface area contributed by atoms with E-state index >= 15 is 0 Å². The van der Waals surface area contributed by atoms with Crippen molar-refractivity contribution in [3.63, 3.8) is 0 Å². The molecule has 25 heavy (non-hydrogen) atoms. The average molecular weight is 354 g/mol. The lowest BCUT2D eigenvalue weighted by Crippen LogP contribution is -2.71. The highest BCUT2D eigenvalue weighted by molar-refractivity contribution is 5.13. The van der Waals surface area contributed by atoms with Gasteiger partial charge in [-0.1, -0.05) is 30.3 Å². The number of aliphatic hydroxyl groups excluding tert-OH is 1. The van der Waals surface area contributed by atoms with Gasteiger partial charge in [0.2, 0.25) is 11.6 Å². The molecule has 1 aromatic rings. The summed E-state index contributed by atoms with van der Waals surface area (Å²) in [4.78, 5) is 0. The van der Waals surface area contributed by atoms with Crippen LogP contribution in [0, 0.1) is 0 Å². The van der Waals surface area contributed by atoms with E-state index in [4.69, 9.17) is 28.4 Å². The summed E-state index contributed by atoms with van der Waals surface area (Å²) >= 11 is 0. The Morgan fingerprint density at radius 2 is 1.64 bits per heavy atom. The van der Waals surface area contributed by atoms with Gasteiger partial charge < -0.3 is 33.5 Å². The molecule has 2 aliphatic heterocycles. The molecule has 0 unspecified atom stereocenters. The van der Waals surface area contributed by atoms with E-state index in [-0.39, 0.29) is 6.61 Å². The third-order valence-electron chi connectivity index (χ3n) is 4.99. The molecule has 1 aromatic carbocycles. The molecule has 0 spiro atoms. The molecule has 0 bridgehead atoms. The van der Waals surface area contributed by atoms with E-state index in [0.29, 0.717) is 6.61 Å². The van der Waals surface area contributed by atoms with E-state index < -0.39 is 36.2 Å². The van der Waals surface area contributed by atoms with Crippen molar-refractivity contribution in [3.8, 4) is 0 Å². The van der Waals surface area contributed by atoms with Gasteiger partial charge >= 0.3 is 0 Å². The van der Waals surface area contributed by atoms with Crippen LogP contribution in [-0.2, 0) is 35.0 Å². The summed E-state index contributed by atoms with van der Waals surface area (Å²) in [6.07, 6.45) is -2.84. The van der Waals surface area contributed by atoms with Gasteiger partial charge in [-0.05, 0) is 19.4 Å². The van der Waals surface area contributed by atoms with Crippen LogP contribution in [0.3, 0.4) is 0 Å². The fourth-order valence-electron chi connectivity index (χ4n) is 3.12. The molecule has 6 atom stereocenters. The van der Waals surface area contributed by atoms with Crippen LogP contribution in [0.4, 0.5) is 0 Å². The van der Waals surface area contributed by atoms with E-state index in [0.717, 1.165) is 5.56 Å². The van der Waals surface area contributed by atoms with Crippen LogP contribution in [0.15, 0.2) is 30.3 Å². The second kappa shape index (κ2) is 7.28. The molecule has 0 aromatic heterocycles. The lowest BCUT2D eigenvalue weighted by molar-refractivity contribution is -0.479. The summed E-state index contributed by atoms with van der Waals surface area (Å²) in [5.41, 5.74) is 1.02. The number of hydrogen-bond donors (Lipinski definition) is 1. The third-order valence-corrected chi connectivity index (χ3v) is 4.99. The summed E-state index contributed by atoms with van der Waals surface area (Å²) in [5, 5.41) is 10.3. The molecule has 1 N–H and O–H groups in total. The number of aliphatic hydroxyl groups is 1. The van der Waals surface area contributed by atoms with Crippen LogP contribution in [-0.4, -0.2) is 62.1 Å². The van der Waals surface area contributed by atoms with E-state index in [1.807, 2.05) is 30.3 Å². The van der Waals surface area contributed by atoms with Crippen LogP contribution in [0.25, 0.3) is 0 Å². The van der Waals surface area contributed by atoms with Crippen molar-refractivity contribution >= 4 is 0 Å². The van der Waals surface area contributed by atoms with E-state index in [9.17, 15) is 5.11 Å². The Morgan fingerprint density at radius 3 is 2.24 bits per heavy atom. The smallest absolute Gasteiger partial charge is 0.220 e. The fourth-order valence-corrected chi connectivity index (χ4v) is 3.12. The van der Waals surface area contributed by atoms with Crippen LogP contribution >= 0.6 is 0 Å². The molecule has 0 saturated carbocycles. The maximum absolute atomic E-state index is 10.3. The largest absolute Gasteiger partial charge is 0.388 e. The fraction of sp³-hybridized carbons (Fsp3) is 0.667. The molecule has 0 aliphatic carbocycles. The Kier molecular flexibility index (Phi) is 5.45. The summed E-state index contributed by atoms with van der Waals surface area (Å²) < 4.78 is 34.7. The lowest BCUT2D eigenvalue weighted by Gasteiger charge is -2.55. The zero-order valence-electron chi connectivity index (χ0n) is 15.0. The summed E-state index contributed by atoms with van der Waals surface area (Å²) in [5.74, 6) is -2.36. The SMILES string of the molecule is CO[C@@]1(C)O[C@@H]2[C@H](OCc3ccccc3)OC[C@@H](O)[C@H]2O[C@]1(C)OC. The highest BCUT2D eigenvalue weighted by atomic mass is 16.8. The van der Waals surface area contributed by atoms with Crippen LogP contribution in [0.1, 0.15) is 19.4 Å². The van der Waals surface area contributed by atoms with Gasteiger partial charge in [0.25, 0.3) is 0 Å². The van der Waals surface area contributed by atoms with Gasteiger partial charge in [-0.3, -0.25) is 0 Å².